The number of nitro benzene ring substituents is 1. The summed E-state index contributed by atoms with van der Waals surface area (Å²) in [6.07, 6.45) is 0.397. The molecule has 174 valence electrons. The third-order valence-electron chi connectivity index (χ3n) is 5.81. The summed E-state index contributed by atoms with van der Waals surface area (Å²) in [6.45, 7) is 6.74. The quantitative estimate of drug-likeness (QED) is 0.534. The Morgan fingerprint density at radius 3 is 2.18 bits per heavy atom. The van der Waals surface area contributed by atoms with Crippen LogP contribution in [-0.2, 0) is 16.0 Å². The molecule has 0 spiro atoms. The van der Waals surface area contributed by atoms with Crippen LogP contribution < -0.4 is 5.32 Å². The summed E-state index contributed by atoms with van der Waals surface area (Å²) >= 11 is 0. The van der Waals surface area contributed by atoms with E-state index in [2.05, 4.69) is 5.32 Å². The number of nitro groups is 1. The maximum Gasteiger partial charge on any atom is 0.269 e. The summed E-state index contributed by atoms with van der Waals surface area (Å²) in [5, 5.41) is 13.6. The number of benzene rings is 2. The number of hydrogen-bond acceptors (Lipinski definition) is 5. The molecule has 1 atom stereocenters. The zero-order valence-corrected chi connectivity index (χ0v) is 19.0. The molecule has 2 aromatic rings. The molecule has 0 aromatic heterocycles. The molecule has 33 heavy (non-hydrogen) atoms. The summed E-state index contributed by atoms with van der Waals surface area (Å²) in [5.74, 6) is -0.676. The van der Waals surface area contributed by atoms with Crippen molar-refractivity contribution in [1.29, 1.82) is 0 Å². The van der Waals surface area contributed by atoms with Crippen LogP contribution in [0.2, 0.25) is 0 Å². The van der Waals surface area contributed by atoms with E-state index >= 15 is 0 Å². The number of non-ortho nitro benzene ring substituents is 1. The monoisotopic (exact) mass is 452 g/mol. The fourth-order valence-corrected chi connectivity index (χ4v) is 3.94. The third-order valence-corrected chi connectivity index (χ3v) is 5.81. The fraction of sp³-hybridized carbons (Fsp3) is 0.375. The standard InChI is InChI=1S/C24H28N4O5/c1-16-4-5-17(2)20(14-16)15-22(25-18(3)29)24(31)27-12-10-26(11-13-27)23(30)19-6-8-21(9-7-19)28(32)33/h4-9,14,22H,10-13,15H2,1-3H3,(H,25,29)/t22-/m1/s1. The second-order valence-electron chi connectivity index (χ2n) is 8.31. The van der Waals surface area contributed by atoms with E-state index in [1.807, 2.05) is 32.0 Å². The highest BCUT2D eigenvalue weighted by molar-refractivity contribution is 5.94. The lowest BCUT2D eigenvalue weighted by atomic mass is 9.98. The SMILES string of the molecule is CC(=O)N[C@H](Cc1cc(C)ccc1C)C(=O)N1CCN(C(=O)c2ccc([N+](=O)[O-])cc2)CC1. The number of amides is 3. The van der Waals surface area contributed by atoms with Crippen molar-refractivity contribution in [1.82, 2.24) is 15.1 Å². The number of carbonyl (C=O) groups excluding carboxylic acids is 3. The van der Waals surface area contributed by atoms with E-state index in [0.717, 1.165) is 16.7 Å². The first-order chi connectivity index (χ1) is 15.7. The van der Waals surface area contributed by atoms with Gasteiger partial charge in [0.25, 0.3) is 11.6 Å². The minimum absolute atomic E-state index is 0.0742. The van der Waals surface area contributed by atoms with Crippen LogP contribution in [0.5, 0.6) is 0 Å². The maximum absolute atomic E-state index is 13.2. The van der Waals surface area contributed by atoms with E-state index in [-0.39, 0.29) is 23.4 Å². The van der Waals surface area contributed by atoms with E-state index in [9.17, 15) is 24.5 Å². The smallest absolute Gasteiger partial charge is 0.269 e. The number of nitrogens with one attached hydrogen (secondary N) is 1. The van der Waals surface area contributed by atoms with Gasteiger partial charge in [0.1, 0.15) is 6.04 Å². The zero-order valence-electron chi connectivity index (χ0n) is 19.0. The highest BCUT2D eigenvalue weighted by Crippen LogP contribution is 2.17. The van der Waals surface area contributed by atoms with Gasteiger partial charge in [-0.05, 0) is 37.1 Å². The van der Waals surface area contributed by atoms with Crippen LogP contribution in [0.4, 0.5) is 5.69 Å². The van der Waals surface area contributed by atoms with Crippen LogP contribution in [0.1, 0.15) is 34.0 Å². The topological polar surface area (TPSA) is 113 Å². The highest BCUT2D eigenvalue weighted by Gasteiger charge is 2.30. The van der Waals surface area contributed by atoms with Crippen LogP contribution in [0.15, 0.2) is 42.5 Å². The van der Waals surface area contributed by atoms with Crippen molar-refractivity contribution in [2.24, 2.45) is 0 Å². The molecule has 1 aliphatic rings. The van der Waals surface area contributed by atoms with Crippen molar-refractivity contribution < 1.29 is 19.3 Å². The molecule has 2 aromatic carbocycles. The number of rotatable bonds is 6. The van der Waals surface area contributed by atoms with E-state index in [1.54, 1.807) is 9.80 Å². The second kappa shape index (κ2) is 10.2. The molecule has 1 saturated heterocycles. The predicted molar refractivity (Wildman–Crippen MR) is 123 cm³/mol. The van der Waals surface area contributed by atoms with Gasteiger partial charge in [0.2, 0.25) is 11.8 Å². The summed E-state index contributed by atoms with van der Waals surface area (Å²) in [5.41, 5.74) is 3.44. The van der Waals surface area contributed by atoms with Gasteiger partial charge in [0, 0.05) is 57.2 Å². The summed E-state index contributed by atoms with van der Waals surface area (Å²) < 4.78 is 0. The molecule has 1 fully saturated rings. The molecule has 3 rings (SSSR count). The molecule has 0 saturated carbocycles. The summed E-state index contributed by atoms with van der Waals surface area (Å²) in [6, 6.07) is 10.8. The Bertz CT molecular complexity index is 1060. The Balaban J connectivity index is 1.65. The Morgan fingerprint density at radius 1 is 1.00 bits per heavy atom. The molecule has 1 aliphatic heterocycles. The van der Waals surface area contributed by atoms with Crippen LogP contribution in [0.3, 0.4) is 0 Å². The molecule has 1 N–H and O–H groups in total. The van der Waals surface area contributed by atoms with E-state index in [4.69, 9.17) is 0 Å². The van der Waals surface area contributed by atoms with Crippen LogP contribution >= 0.6 is 0 Å². The number of aryl methyl sites for hydroxylation is 2. The fourth-order valence-electron chi connectivity index (χ4n) is 3.94. The van der Waals surface area contributed by atoms with Gasteiger partial charge in [0.15, 0.2) is 0 Å². The average Bonchev–Trinajstić information content (AvgIpc) is 2.80. The summed E-state index contributed by atoms with van der Waals surface area (Å²) in [4.78, 5) is 51.3. The van der Waals surface area contributed by atoms with Gasteiger partial charge in [-0.25, -0.2) is 0 Å². The van der Waals surface area contributed by atoms with Crippen LogP contribution in [0.25, 0.3) is 0 Å². The van der Waals surface area contributed by atoms with Crippen LogP contribution in [-0.4, -0.2) is 64.7 Å². The predicted octanol–water partition coefficient (Wildman–Crippen LogP) is 2.24. The lowest BCUT2D eigenvalue weighted by molar-refractivity contribution is -0.384. The van der Waals surface area contributed by atoms with E-state index in [0.29, 0.717) is 38.2 Å². The van der Waals surface area contributed by atoms with Gasteiger partial charge in [-0.2, -0.15) is 0 Å². The molecule has 0 bridgehead atoms. The van der Waals surface area contributed by atoms with Gasteiger partial charge >= 0.3 is 0 Å². The maximum atomic E-state index is 13.2. The Hall–Kier alpha value is -3.75. The number of hydrogen-bond donors (Lipinski definition) is 1. The van der Waals surface area contributed by atoms with E-state index in [1.165, 1.54) is 31.2 Å². The first-order valence-corrected chi connectivity index (χ1v) is 10.8. The molecule has 0 aliphatic carbocycles. The molecule has 3 amide bonds. The Morgan fingerprint density at radius 2 is 1.61 bits per heavy atom. The van der Waals surface area contributed by atoms with Gasteiger partial charge in [-0.1, -0.05) is 23.8 Å². The largest absolute Gasteiger partial charge is 0.344 e. The van der Waals surface area contributed by atoms with Crippen molar-refractivity contribution in [3.05, 3.63) is 74.8 Å². The first kappa shape index (κ1) is 23.9. The lowest BCUT2D eigenvalue weighted by Crippen LogP contribution is -2.56. The van der Waals surface area contributed by atoms with Crippen molar-refractivity contribution >= 4 is 23.4 Å². The summed E-state index contributed by atoms with van der Waals surface area (Å²) in [7, 11) is 0. The normalized spacial score (nSPS) is 14.5. The molecular weight excluding hydrogens is 424 g/mol. The van der Waals surface area contributed by atoms with Crippen molar-refractivity contribution in [3.63, 3.8) is 0 Å². The molecule has 9 nitrogen and oxygen atoms in total. The Kier molecular flexibility index (Phi) is 7.42. The number of piperazine rings is 1. The molecule has 1 heterocycles. The Labute approximate surface area is 192 Å². The zero-order chi connectivity index (χ0) is 24.1. The lowest BCUT2D eigenvalue weighted by Gasteiger charge is -2.36. The van der Waals surface area contributed by atoms with Crippen LogP contribution in [0, 0.1) is 24.0 Å². The van der Waals surface area contributed by atoms with Gasteiger partial charge in [-0.3, -0.25) is 24.5 Å². The van der Waals surface area contributed by atoms with Crippen molar-refractivity contribution in [2.45, 2.75) is 33.2 Å². The minimum Gasteiger partial charge on any atom is -0.344 e. The number of nitrogens with zero attached hydrogens (tertiary/aromatic N) is 3. The third kappa shape index (κ3) is 5.94. The minimum atomic E-state index is -0.681. The molecule has 0 unspecified atom stereocenters. The molecular formula is C24H28N4O5. The van der Waals surface area contributed by atoms with Crippen molar-refractivity contribution in [3.8, 4) is 0 Å². The van der Waals surface area contributed by atoms with Gasteiger partial charge in [0.05, 0.1) is 4.92 Å². The van der Waals surface area contributed by atoms with Gasteiger partial charge < -0.3 is 15.1 Å². The first-order valence-electron chi connectivity index (χ1n) is 10.8. The number of carbonyl (C=O) groups is 3. The molecule has 0 radical (unpaired) electrons. The average molecular weight is 453 g/mol. The molecule has 9 heteroatoms. The highest BCUT2D eigenvalue weighted by atomic mass is 16.6. The van der Waals surface area contributed by atoms with Gasteiger partial charge in [-0.15, -0.1) is 0 Å². The van der Waals surface area contributed by atoms with E-state index < -0.39 is 11.0 Å². The second-order valence-corrected chi connectivity index (χ2v) is 8.31. The van der Waals surface area contributed by atoms with Crippen molar-refractivity contribution in [2.75, 3.05) is 26.2 Å².